The quantitative estimate of drug-likeness (QED) is 0.642. The summed E-state index contributed by atoms with van der Waals surface area (Å²) in [6, 6.07) is 10.6. The van der Waals surface area contributed by atoms with Gasteiger partial charge in [-0.05, 0) is 42.0 Å². The third-order valence-corrected chi connectivity index (χ3v) is 2.77. The third kappa shape index (κ3) is 3.73. The van der Waals surface area contributed by atoms with Crippen LogP contribution in [0.2, 0.25) is 0 Å². The molecule has 0 spiro atoms. The second kappa shape index (κ2) is 7.09. The molecular weight excluding hydrogens is 288 g/mol. The predicted octanol–water partition coefficient (Wildman–Crippen LogP) is 3.30. The first-order valence-electron chi connectivity index (χ1n) is 6.23. The molecule has 0 saturated carbocycles. The lowest BCUT2D eigenvalue weighted by atomic mass is 10.1. The van der Waals surface area contributed by atoms with E-state index in [2.05, 4.69) is 10.2 Å². The number of rotatable bonds is 4. The highest BCUT2D eigenvalue weighted by molar-refractivity contribution is 5.83. The molecule has 22 heavy (non-hydrogen) atoms. The maximum atomic E-state index is 13.4. The van der Waals surface area contributed by atoms with Crippen LogP contribution in [0.3, 0.4) is 0 Å². The van der Waals surface area contributed by atoms with Gasteiger partial charge in [-0.2, -0.15) is 15.5 Å². The fraction of sp³-hybridized carbons (Fsp3) is 0.0625. The molecule has 0 N–H and O–H groups in total. The number of nitrogens with zero attached hydrogens (tertiary/aromatic N) is 3. The standard InChI is InChI=1S/C16H11F2N3O/c1-22-13-4-2-11(3-5-13)9-20-21-10-12-6-15(17)14(8-19)16(18)7-12/h2-7,9-10H,1H3/b20-9+,21-10+. The van der Waals surface area contributed by atoms with Crippen LogP contribution in [0.1, 0.15) is 16.7 Å². The van der Waals surface area contributed by atoms with Crippen LogP contribution in [-0.2, 0) is 0 Å². The maximum absolute atomic E-state index is 13.4. The van der Waals surface area contributed by atoms with E-state index < -0.39 is 17.2 Å². The lowest BCUT2D eigenvalue weighted by Gasteiger charge is -1.98. The molecule has 0 aromatic heterocycles. The zero-order valence-corrected chi connectivity index (χ0v) is 11.6. The van der Waals surface area contributed by atoms with Crippen LogP contribution in [0.25, 0.3) is 0 Å². The van der Waals surface area contributed by atoms with E-state index in [-0.39, 0.29) is 5.56 Å². The van der Waals surface area contributed by atoms with E-state index in [0.717, 1.165) is 23.4 Å². The Bertz CT molecular complexity index is 739. The summed E-state index contributed by atoms with van der Waals surface area (Å²) in [5.74, 6) is -1.13. The summed E-state index contributed by atoms with van der Waals surface area (Å²) in [5.41, 5.74) is 0.370. The summed E-state index contributed by atoms with van der Waals surface area (Å²) in [6.45, 7) is 0. The first-order valence-corrected chi connectivity index (χ1v) is 6.23. The zero-order chi connectivity index (χ0) is 15.9. The van der Waals surface area contributed by atoms with E-state index in [1.165, 1.54) is 18.5 Å². The molecule has 2 aromatic carbocycles. The molecule has 110 valence electrons. The van der Waals surface area contributed by atoms with Crippen LogP contribution in [0.4, 0.5) is 8.78 Å². The Balaban J connectivity index is 2.09. The van der Waals surface area contributed by atoms with Gasteiger partial charge >= 0.3 is 0 Å². The van der Waals surface area contributed by atoms with Gasteiger partial charge in [-0.1, -0.05) is 0 Å². The Morgan fingerprint density at radius 3 is 2.05 bits per heavy atom. The average molecular weight is 299 g/mol. The van der Waals surface area contributed by atoms with Crippen LogP contribution < -0.4 is 4.74 Å². The van der Waals surface area contributed by atoms with E-state index >= 15 is 0 Å². The number of halogens is 2. The molecule has 0 aliphatic rings. The van der Waals surface area contributed by atoms with Crippen molar-refractivity contribution in [3.63, 3.8) is 0 Å². The van der Waals surface area contributed by atoms with Crippen molar-refractivity contribution in [3.05, 3.63) is 64.7 Å². The SMILES string of the molecule is COc1ccc(/C=N/N=C/c2cc(F)c(C#N)c(F)c2)cc1. The molecule has 6 heteroatoms. The monoisotopic (exact) mass is 299 g/mol. The van der Waals surface area contributed by atoms with Crippen molar-refractivity contribution >= 4 is 12.4 Å². The second-order valence-corrected chi connectivity index (χ2v) is 4.23. The summed E-state index contributed by atoms with van der Waals surface area (Å²) in [6.07, 6.45) is 2.69. The fourth-order valence-corrected chi connectivity index (χ4v) is 1.66. The Kier molecular flexibility index (Phi) is 4.94. The Labute approximate surface area is 126 Å². The molecule has 0 atom stereocenters. The number of benzene rings is 2. The van der Waals surface area contributed by atoms with Gasteiger partial charge in [0.05, 0.1) is 19.5 Å². The summed E-state index contributed by atoms with van der Waals surface area (Å²) < 4.78 is 31.8. The molecule has 0 aliphatic carbocycles. The van der Waals surface area contributed by atoms with Gasteiger partial charge in [0.2, 0.25) is 0 Å². The van der Waals surface area contributed by atoms with Crippen molar-refractivity contribution in [1.82, 2.24) is 0 Å². The van der Waals surface area contributed by atoms with Gasteiger partial charge in [0, 0.05) is 5.56 Å². The molecule has 2 rings (SSSR count). The van der Waals surface area contributed by atoms with E-state index in [1.54, 1.807) is 31.4 Å². The van der Waals surface area contributed by atoms with Crippen LogP contribution in [0.5, 0.6) is 5.75 Å². The molecule has 0 fully saturated rings. The lowest BCUT2D eigenvalue weighted by Crippen LogP contribution is -1.93. The molecule has 4 nitrogen and oxygen atoms in total. The number of hydrogen-bond acceptors (Lipinski definition) is 4. The maximum Gasteiger partial charge on any atom is 0.144 e. The third-order valence-electron chi connectivity index (χ3n) is 2.77. The normalized spacial score (nSPS) is 11.0. The fourth-order valence-electron chi connectivity index (χ4n) is 1.66. The number of ether oxygens (including phenoxy) is 1. The van der Waals surface area contributed by atoms with Crippen molar-refractivity contribution in [2.24, 2.45) is 10.2 Å². The summed E-state index contributed by atoms with van der Waals surface area (Å²) in [4.78, 5) is 0. The van der Waals surface area contributed by atoms with Crippen molar-refractivity contribution in [3.8, 4) is 11.8 Å². The van der Waals surface area contributed by atoms with Crippen molar-refractivity contribution < 1.29 is 13.5 Å². The van der Waals surface area contributed by atoms with Gasteiger partial charge < -0.3 is 4.74 Å². The van der Waals surface area contributed by atoms with Crippen LogP contribution in [0, 0.1) is 23.0 Å². The molecule has 2 aromatic rings. The summed E-state index contributed by atoms with van der Waals surface area (Å²) in [5, 5.41) is 16.1. The minimum atomic E-state index is -0.928. The summed E-state index contributed by atoms with van der Waals surface area (Å²) >= 11 is 0. The number of nitriles is 1. The van der Waals surface area contributed by atoms with Crippen molar-refractivity contribution in [1.29, 1.82) is 5.26 Å². The molecule has 0 unspecified atom stereocenters. The minimum absolute atomic E-state index is 0.181. The highest BCUT2D eigenvalue weighted by atomic mass is 19.1. The van der Waals surface area contributed by atoms with Crippen LogP contribution in [-0.4, -0.2) is 19.5 Å². The van der Waals surface area contributed by atoms with E-state index in [0.29, 0.717) is 0 Å². The minimum Gasteiger partial charge on any atom is -0.497 e. The molecular formula is C16H11F2N3O. The lowest BCUT2D eigenvalue weighted by molar-refractivity contribution is 0.415. The highest BCUT2D eigenvalue weighted by Gasteiger charge is 2.09. The first-order chi connectivity index (χ1) is 10.6. The Morgan fingerprint density at radius 2 is 1.55 bits per heavy atom. The first kappa shape index (κ1) is 15.3. The van der Waals surface area contributed by atoms with E-state index in [9.17, 15) is 8.78 Å². The van der Waals surface area contributed by atoms with Crippen molar-refractivity contribution in [2.45, 2.75) is 0 Å². The largest absolute Gasteiger partial charge is 0.497 e. The van der Waals surface area contributed by atoms with Gasteiger partial charge in [-0.3, -0.25) is 0 Å². The molecule has 0 amide bonds. The number of methoxy groups -OCH3 is 1. The Morgan fingerprint density at radius 1 is 1.00 bits per heavy atom. The zero-order valence-electron chi connectivity index (χ0n) is 11.6. The molecule has 0 aliphatic heterocycles. The van der Waals surface area contributed by atoms with Gasteiger partial charge in [0.1, 0.15) is 29.0 Å². The van der Waals surface area contributed by atoms with Crippen molar-refractivity contribution in [2.75, 3.05) is 7.11 Å². The van der Waals surface area contributed by atoms with Crippen LogP contribution in [0.15, 0.2) is 46.6 Å². The smallest absolute Gasteiger partial charge is 0.144 e. The van der Waals surface area contributed by atoms with Gasteiger partial charge in [0.25, 0.3) is 0 Å². The topological polar surface area (TPSA) is 57.7 Å². The van der Waals surface area contributed by atoms with Gasteiger partial charge in [0.15, 0.2) is 0 Å². The van der Waals surface area contributed by atoms with E-state index in [4.69, 9.17) is 10.00 Å². The van der Waals surface area contributed by atoms with Gasteiger partial charge in [-0.15, -0.1) is 0 Å². The average Bonchev–Trinajstić information content (AvgIpc) is 2.52. The summed E-state index contributed by atoms with van der Waals surface area (Å²) in [7, 11) is 1.57. The molecule has 0 heterocycles. The van der Waals surface area contributed by atoms with E-state index in [1.807, 2.05) is 0 Å². The van der Waals surface area contributed by atoms with Gasteiger partial charge in [-0.25, -0.2) is 8.78 Å². The highest BCUT2D eigenvalue weighted by Crippen LogP contribution is 2.13. The molecule has 0 saturated heterocycles. The number of hydrogen-bond donors (Lipinski definition) is 0. The molecule has 0 bridgehead atoms. The Hall–Kier alpha value is -3.07. The predicted molar refractivity (Wildman–Crippen MR) is 79.3 cm³/mol. The second-order valence-electron chi connectivity index (χ2n) is 4.23. The van der Waals surface area contributed by atoms with Crippen LogP contribution >= 0.6 is 0 Å². The molecule has 0 radical (unpaired) electrons.